The first-order valence-electron chi connectivity index (χ1n) is 9.44. The Morgan fingerprint density at radius 3 is 2.38 bits per heavy atom. The van der Waals surface area contributed by atoms with Gasteiger partial charge in [0.2, 0.25) is 10.0 Å². The number of carboxylic acids is 1. The number of carbonyl (C=O) groups is 1. The summed E-state index contributed by atoms with van der Waals surface area (Å²) < 4.78 is 28.6. The van der Waals surface area contributed by atoms with Gasteiger partial charge in [-0.2, -0.15) is 4.72 Å². The smallest absolute Gasteiger partial charge is 0.325 e. The zero-order chi connectivity index (χ0) is 20.2. The largest absolute Gasteiger partial charge is 0.480 e. The molecule has 1 fully saturated rings. The molecule has 2 unspecified atom stereocenters. The third-order valence-corrected chi connectivity index (χ3v) is 7.44. The molecular formula is C23H19NO4S. The van der Waals surface area contributed by atoms with E-state index in [1.54, 1.807) is 12.1 Å². The van der Waals surface area contributed by atoms with Crippen LogP contribution in [0.3, 0.4) is 0 Å². The van der Waals surface area contributed by atoms with Gasteiger partial charge in [-0.15, -0.1) is 0 Å². The number of carboxylic acid groups (broad SMARTS) is 1. The quantitative estimate of drug-likeness (QED) is 0.532. The maximum Gasteiger partial charge on any atom is 0.325 e. The maximum absolute atomic E-state index is 13.1. The van der Waals surface area contributed by atoms with Gasteiger partial charge in [0, 0.05) is 5.92 Å². The van der Waals surface area contributed by atoms with Crippen LogP contribution in [-0.4, -0.2) is 25.0 Å². The molecule has 0 aromatic heterocycles. The molecule has 0 radical (unpaired) electrons. The van der Waals surface area contributed by atoms with Crippen molar-refractivity contribution >= 4 is 16.0 Å². The van der Waals surface area contributed by atoms with E-state index in [1.165, 1.54) is 5.56 Å². The molecule has 2 aliphatic rings. The van der Waals surface area contributed by atoms with Gasteiger partial charge in [-0.3, -0.25) is 4.79 Å². The van der Waals surface area contributed by atoms with Gasteiger partial charge in [-0.25, -0.2) is 8.42 Å². The van der Waals surface area contributed by atoms with Crippen LogP contribution in [0.25, 0.3) is 11.1 Å². The molecule has 2 N–H and O–H groups in total. The minimum atomic E-state index is -3.98. The fourth-order valence-electron chi connectivity index (χ4n) is 4.33. The van der Waals surface area contributed by atoms with E-state index in [0.717, 1.165) is 22.3 Å². The molecule has 5 nitrogen and oxygen atoms in total. The van der Waals surface area contributed by atoms with E-state index in [2.05, 4.69) is 4.72 Å². The van der Waals surface area contributed by atoms with Crippen molar-refractivity contribution in [2.24, 2.45) is 0 Å². The Morgan fingerprint density at radius 1 is 0.931 bits per heavy atom. The summed E-state index contributed by atoms with van der Waals surface area (Å²) in [6.07, 6.45) is 0.910. The van der Waals surface area contributed by atoms with Crippen LogP contribution in [0.4, 0.5) is 0 Å². The van der Waals surface area contributed by atoms with Crippen molar-refractivity contribution in [3.63, 3.8) is 0 Å². The first kappa shape index (κ1) is 18.1. The van der Waals surface area contributed by atoms with Crippen LogP contribution in [0.1, 0.15) is 29.0 Å². The molecule has 0 bridgehead atoms. The molecule has 146 valence electrons. The highest BCUT2D eigenvalue weighted by atomic mass is 32.2. The normalized spacial score (nSPS) is 22.0. The van der Waals surface area contributed by atoms with E-state index in [0.29, 0.717) is 6.42 Å². The van der Waals surface area contributed by atoms with Crippen molar-refractivity contribution < 1.29 is 18.3 Å². The van der Waals surface area contributed by atoms with Crippen LogP contribution < -0.4 is 4.72 Å². The standard InChI is InChI=1S/C23H19NO4S/c25-22(26)23(14-21(23)15-6-2-1-3-7-15)24-29(27,28)18-10-11-20-17(13-18)12-16-8-4-5-9-19(16)20/h1-11,13,21,24H,12,14H2,(H,25,26). The van der Waals surface area contributed by atoms with Crippen LogP contribution >= 0.6 is 0 Å². The molecule has 1 saturated carbocycles. The third kappa shape index (κ3) is 2.87. The predicted octanol–water partition coefficient (Wildman–Crippen LogP) is 3.55. The molecule has 3 aromatic carbocycles. The van der Waals surface area contributed by atoms with Crippen LogP contribution in [0, 0.1) is 0 Å². The zero-order valence-corrected chi connectivity index (χ0v) is 16.3. The Balaban J connectivity index is 1.46. The van der Waals surface area contributed by atoms with Crippen LogP contribution in [0.15, 0.2) is 77.7 Å². The van der Waals surface area contributed by atoms with Crippen molar-refractivity contribution in [2.75, 3.05) is 0 Å². The maximum atomic E-state index is 13.1. The first-order valence-corrected chi connectivity index (χ1v) is 10.9. The van der Waals surface area contributed by atoms with E-state index in [1.807, 2.05) is 60.7 Å². The van der Waals surface area contributed by atoms with Crippen LogP contribution in [0.2, 0.25) is 0 Å². The van der Waals surface area contributed by atoms with Gasteiger partial charge in [0.25, 0.3) is 0 Å². The Bertz CT molecular complexity index is 1240. The van der Waals surface area contributed by atoms with Gasteiger partial charge in [0.1, 0.15) is 5.54 Å². The van der Waals surface area contributed by atoms with E-state index in [9.17, 15) is 18.3 Å². The number of hydrogen-bond acceptors (Lipinski definition) is 3. The molecule has 2 atom stereocenters. The van der Waals surface area contributed by atoms with Crippen molar-refractivity contribution in [3.8, 4) is 11.1 Å². The summed E-state index contributed by atoms with van der Waals surface area (Å²) in [6, 6.07) is 22.2. The number of sulfonamides is 1. The first-order chi connectivity index (χ1) is 13.9. The second-order valence-corrected chi connectivity index (χ2v) is 9.38. The van der Waals surface area contributed by atoms with E-state index < -0.39 is 21.5 Å². The summed E-state index contributed by atoms with van der Waals surface area (Å²) in [5, 5.41) is 9.79. The number of fused-ring (bicyclic) bond motifs is 3. The van der Waals surface area contributed by atoms with Crippen molar-refractivity contribution in [2.45, 2.75) is 29.2 Å². The number of benzene rings is 3. The second-order valence-electron chi connectivity index (χ2n) is 7.70. The lowest BCUT2D eigenvalue weighted by Crippen LogP contribution is -2.44. The minimum Gasteiger partial charge on any atom is -0.480 e. The van der Waals surface area contributed by atoms with Gasteiger partial charge in [0.05, 0.1) is 4.90 Å². The summed E-state index contributed by atoms with van der Waals surface area (Å²) in [5.41, 5.74) is 3.57. The Hall–Kier alpha value is -2.96. The highest BCUT2D eigenvalue weighted by Gasteiger charge is 2.63. The zero-order valence-electron chi connectivity index (χ0n) is 15.5. The Labute approximate surface area is 169 Å². The summed E-state index contributed by atoms with van der Waals surface area (Å²) in [7, 11) is -3.98. The van der Waals surface area contributed by atoms with Gasteiger partial charge >= 0.3 is 5.97 Å². The van der Waals surface area contributed by atoms with Gasteiger partial charge in [-0.05, 0) is 52.8 Å². The summed E-state index contributed by atoms with van der Waals surface area (Å²) >= 11 is 0. The van der Waals surface area contributed by atoms with Gasteiger partial charge in [-0.1, -0.05) is 60.7 Å². The van der Waals surface area contributed by atoms with E-state index in [4.69, 9.17) is 0 Å². The molecule has 2 aliphatic carbocycles. The van der Waals surface area contributed by atoms with Crippen molar-refractivity contribution in [3.05, 3.63) is 89.5 Å². The lowest BCUT2D eigenvalue weighted by molar-refractivity contribution is -0.140. The molecule has 5 rings (SSSR count). The SMILES string of the molecule is O=C(O)C1(NS(=O)(=O)c2ccc3c(c2)Cc2ccccc2-3)CC1c1ccccc1. The molecule has 29 heavy (non-hydrogen) atoms. The molecule has 0 heterocycles. The van der Waals surface area contributed by atoms with Gasteiger partial charge in [0.15, 0.2) is 0 Å². The number of rotatable bonds is 5. The van der Waals surface area contributed by atoms with E-state index in [-0.39, 0.29) is 17.2 Å². The van der Waals surface area contributed by atoms with E-state index >= 15 is 0 Å². The number of hydrogen-bond donors (Lipinski definition) is 2. The van der Waals surface area contributed by atoms with Crippen LogP contribution in [0.5, 0.6) is 0 Å². The number of nitrogens with one attached hydrogen (secondary N) is 1. The topological polar surface area (TPSA) is 83.5 Å². The minimum absolute atomic E-state index is 0.100. The second kappa shape index (κ2) is 6.27. The monoisotopic (exact) mass is 405 g/mol. The molecule has 3 aromatic rings. The summed E-state index contributed by atoms with van der Waals surface area (Å²) in [5.74, 6) is -1.53. The predicted molar refractivity (Wildman–Crippen MR) is 109 cm³/mol. The van der Waals surface area contributed by atoms with Crippen molar-refractivity contribution in [1.29, 1.82) is 0 Å². The highest BCUT2D eigenvalue weighted by Crippen LogP contribution is 2.52. The summed E-state index contributed by atoms with van der Waals surface area (Å²) in [6.45, 7) is 0. The molecule has 0 spiro atoms. The average molecular weight is 405 g/mol. The Morgan fingerprint density at radius 2 is 1.62 bits per heavy atom. The lowest BCUT2D eigenvalue weighted by atomic mass is 10.1. The highest BCUT2D eigenvalue weighted by molar-refractivity contribution is 7.89. The molecular weight excluding hydrogens is 386 g/mol. The number of aliphatic carboxylic acids is 1. The Kier molecular flexibility index (Phi) is 3.91. The van der Waals surface area contributed by atoms with Crippen molar-refractivity contribution in [1.82, 2.24) is 4.72 Å². The van der Waals surface area contributed by atoms with Crippen LogP contribution in [-0.2, 0) is 21.2 Å². The fraction of sp³-hybridized carbons (Fsp3) is 0.174. The summed E-state index contributed by atoms with van der Waals surface area (Å²) in [4.78, 5) is 12.1. The molecule has 0 saturated heterocycles. The fourth-order valence-corrected chi connectivity index (χ4v) is 5.79. The molecule has 6 heteroatoms. The molecule has 0 amide bonds. The van der Waals surface area contributed by atoms with Gasteiger partial charge < -0.3 is 5.11 Å². The lowest BCUT2D eigenvalue weighted by Gasteiger charge is -2.16. The average Bonchev–Trinajstić information content (AvgIpc) is 3.32. The molecule has 0 aliphatic heterocycles. The third-order valence-electron chi connectivity index (χ3n) is 5.94.